The first-order valence-corrected chi connectivity index (χ1v) is 8.45. The standard InChI is InChI=1S/C15H20N2O3S/c1-3-12-9-10-13(20-12)11-16-14-7-5-6-8-15(14)21(18,19)17-4-2/h5-10,16-17H,3-4,11H2,1-2H3. The number of furan rings is 1. The summed E-state index contributed by atoms with van der Waals surface area (Å²) in [7, 11) is -3.49. The van der Waals surface area contributed by atoms with Gasteiger partial charge >= 0.3 is 0 Å². The largest absolute Gasteiger partial charge is 0.464 e. The van der Waals surface area contributed by atoms with Crippen molar-refractivity contribution in [3.8, 4) is 0 Å². The second-order valence-corrected chi connectivity index (χ2v) is 6.31. The van der Waals surface area contributed by atoms with Gasteiger partial charge in [0.15, 0.2) is 0 Å². The Morgan fingerprint density at radius 2 is 1.76 bits per heavy atom. The van der Waals surface area contributed by atoms with Gasteiger partial charge in [-0.3, -0.25) is 0 Å². The van der Waals surface area contributed by atoms with Crippen LogP contribution in [0.15, 0.2) is 45.7 Å². The fraction of sp³-hybridized carbons (Fsp3) is 0.333. The highest BCUT2D eigenvalue weighted by atomic mass is 32.2. The number of anilines is 1. The SMILES string of the molecule is CCNS(=O)(=O)c1ccccc1NCc1ccc(CC)o1. The summed E-state index contributed by atoms with van der Waals surface area (Å²) in [5.74, 6) is 1.70. The lowest BCUT2D eigenvalue weighted by molar-refractivity contribution is 0.476. The zero-order valence-corrected chi connectivity index (χ0v) is 13.0. The molecule has 0 unspecified atom stereocenters. The molecule has 1 aromatic heterocycles. The molecular weight excluding hydrogens is 288 g/mol. The van der Waals surface area contributed by atoms with Crippen molar-refractivity contribution in [2.75, 3.05) is 11.9 Å². The van der Waals surface area contributed by atoms with Crippen molar-refractivity contribution in [2.45, 2.75) is 31.7 Å². The first kappa shape index (κ1) is 15.6. The molecule has 21 heavy (non-hydrogen) atoms. The molecule has 0 aliphatic carbocycles. The number of sulfonamides is 1. The van der Waals surface area contributed by atoms with Crippen molar-refractivity contribution in [2.24, 2.45) is 0 Å². The van der Waals surface area contributed by atoms with Gasteiger partial charge in [-0.2, -0.15) is 0 Å². The van der Waals surface area contributed by atoms with Crippen LogP contribution in [0.4, 0.5) is 5.69 Å². The van der Waals surface area contributed by atoms with Crippen LogP contribution < -0.4 is 10.0 Å². The minimum absolute atomic E-state index is 0.245. The molecule has 0 spiro atoms. The van der Waals surface area contributed by atoms with Crippen LogP contribution in [0.5, 0.6) is 0 Å². The van der Waals surface area contributed by atoms with E-state index < -0.39 is 10.0 Å². The lowest BCUT2D eigenvalue weighted by Gasteiger charge is -2.11. The average molecular weight is 308 g/mol. The van der Waals surface area contributed by atoms with Gasteiger partial charge in [-0.05, 0) is 24.3 Å². The highest BCUT2D eigenvalue weighted by Gasteiger charge is 2.16. The van der Waals surface area contributed by atoms with Crippen LogP contribution >= 0.6 is 0 Å². The molecule has 2 aromatic rings. The average Bonchev–Trinajstić information content (AvgIpc) is 2.93. The normalized spacial score (nSPS) is 11.5. The molecule has 0 saturated carbocycles. The monoisotopic (exact) mass is 308 g/mol. The topological polar surface area (TPSA) is 71.3 Å². The molecular formula is C15H20N2O3S. The van der Waals surface area contributed by atoms with E-state index in [-0.39, 0.29) is 4.90 Å². The van der Waals surface area contributed by atoms with Crippen molar-refractivity contribution < 1.29 is 12.8 Å². The lowest BCUT2D eigenvalue weighted by Crippen LogP contribution is -2.24. The Bertz CT molecular complexity index is 692. The zero-order chi connectivity index (χ0) is 15.3. The van der Waals surface area contributed by atoms with Gasteiger partial charge in [-0.25, -0.2) is 13.1 Å². The van der Waals surface area contributed by atoms with Gasteiger partial charge in [0.2, 0.25) is 10.0 Å². The third-order valence-corrected chi connectivity index (χ3v) is 4.63. The number of hydrogen-bond donors (Lipinski definition) is 2. The third kappa shape index (κ3) is 3.86. The second kappa shape index (κ2) is 6.78. The van der Waals surface area contributed by atoms with Crippen LogP contribution in [-0.2, 0) is 23.0 Å². The van der Waals surface area contributed by atoms with Crippen LogP contribution in [0.25, 0.3) is 0 Å². The number of para-hydroxylation sites is 1. The predicted octanol–water partition coefficient (Wildman–Crippen LogP) is 2.75. The Morgan fingerprint density at radius 1 is 1.05 bits per heavy atom. The van der Waals surface area contributed by atoms with E-state index in [1.807, 2.05) is 19.1 Å². The maximum absolute atomic E-state index is 12.1. The van der Waals surface area contributed by atoms with Gasteiger partial charge in [0.25, 0.3) is 0 Å². The fourth-order valence-electron chi connectivity index (χ4n) is 2.00. The molecule has 0 aliphatic heterocycles. The molecule has 0 saturated heterocycles. The Morgan fingerprint density at radius 3 is 2.43 bits per heavy atom. The highest BCUT2D eigenvalue weighted by molar-refractivity contribution is 7.89. The first-order valence-electron chi connectivity index (χ1n) is 6.97. The van der Waals surface area contributed by atoms with Gasteiger partial charge < -0.3 is 9.73 Å². The van der Waals surface area contributed by atoms with Crippen molar-refractivity contribution in [1.82, 2.24) is 4.72 Å². The number of aryl methyl sites for hydroxylation is 1. The molecule has 5 nitrogen and oxygen atoms in total. The van der Waals surface area contributed by atoms with Gasteiger partial charge in [0.05, 0.1) is 12.2 Å². The van der Waals surface area contributed by atoms with E-state index in [9.17, 15) is 8.42 Å². The third-order valence-electron chi connectivity index (χ3n) is 3.03. The van der Waals surface area contributed by atoms with Gasteiger partial charge in [0, 0.05) is 13.0 Å². The molecule has 1 heterocycles. The molecule has 2 N–H and O–H groups in total. The Balaban J connectivity index is 2.17. The van der Waals surface area contributed by atoms with E-state index in [4.69, 9.17) is 4.42 Å². The molecule has 1 aromatic carbocycles. The Kier molecular flexibility index (Phi) is 5.03. The summed E-state index contributed by atoms with van der Waals surface area (Å²) in [4.78, 5) is 0.245. The van der Waals surface area contributed by atoms with Crippen molar-refractivity contribution in [3.63, 3.8) is 0 Å². The minimum Gasteiger partial charge on any atom is -0.464 e. The quantitative estimate of drug-likeness (QED) is 0.825. The van der Waals surface area contributed by atoms with Crippen LogP contribution in [0.2, 0.25) is 0 Å². The highest BCUT2D eigenvalue weighted by Crippen LogP contribution is 2.21. The van der Waals surface area contributed by atoms with E-state index in [0.29, 0.717) is 18.8 Å². The summed E-state index contributed by atoms with van der Waals surface area (Å²) in [6.45, 7) is 4.57. The van der Waals surface area contributed by atoms with Gasteiger partial charge in [0.1, 0.15) is 16.4 Å². The van der Waals surface area contributed by atoms with Gasteiger partial charge in [-0.15, -0.1) is 0 Å². The van der Waals surface area contributed by atoms with E-state index in [0.717, 1.165) is 17.9 Å². The van der Waals surface area contributed by atoms with Crippen LogP contribution in [0.1, 0.15) is 25.4 Å². The molecule has 6 heteroatoms. The maximum atomic E-state index is 12.1. The van der Waals surface area contributed by atoms with Crippen LogP contribution in [0.3, 0.4) is 0 Å². The van der Waals surface area contributed by atoms with E-state index >= 15 is 0 Å². The number of rotatable bonds is 7. The van der Waals surface area contributed by atoms with Crippen molar-refractivity contribution >= 4 is 15.7 Å². The summed E-state index contributed by atoms with van der Waals surface area (Å²) in [6, 6.07) is 10.7. The molecule has 0 atom stereocenters. The molecule has 0 radical (unpaired) electrons. The van der Waals surface area contributed by atoms with E-state index in [2.05, 4.69) is 10.0 Å². The lowest BCUT2D eigenvalue weighted by atomic mass is 10.3. The molecule has 0 bridgehead atoms. The molecule has 0 amide bonds. The minimum atomic E-state index is -3.49. The first-order chi connectivity index (χ1) is 10.1. The molecule has 0 fully saturated rings. The zero-order valence-electron chi connectivity index (χ0n) is 12.2. The van der Waals surface area contributed by atoms with Crippen LogP contribution in [0, 0.1) is 0 Å². The predicted molar refractivity (Wildman–Crippen MR) is 82.7 cm³/mol. The Labute approximate surface area is 125 Å². The second-order valence-electron chi connectivity index (χ2n) is 4.57. The molecule has 114 valence electrons. The summed E-state index contributed by atoms with van der Waals surface area (Å²) < 4.78 is 32.4. The Hall–Kier alpha value is -1.79. The summed E-state index contributed by atoms with van der Waals surface area (Å²) in [5.41, 5.74) is 0.563. The number of benzene rings is 1. The molecule has 0 aliphatic rings. The summed E-state index contributed by atoms with van der Waals surface area (Å²) in [6.07, 6.45) is 0.839. The fourth-order valence-corrected chi connectivity index (χ4v) is 3.23. The maximum Gasteiger partial charge on any atom is 0.242 e. The number of hydrogen-bond acceptors (Lipinski definition) is 4. The van der Waals surface area contributed by atoms with E-state index in [1.165, 1.54) is 0 Å². The van der Waals surface area contributed by atoms with E-state index in [1.54, 1.807) is 31.2 Å². The molecule has 2 rings (SSSR count). The van der Waals surface area contributed by atoms with Gasteiger partial charge in [-0.1, -0.05) is 26.0 Å². The van der Waals surface area contributed by atoms with Crippen molar-refractivity contribution in [1.29, 1.82) is 0 Å². The van der Waals surface area contributed by atoms with Crippen molar-refractivity contribution in [3.05, 3.63) is 47.9 Å². The summed E-state index contributed by atoms with van der Waals surface area (Å²) in [5, 5.41) is 3.12. The summed E-state index contributed by atoms with van der Waals surface area (Å²) >= 11 is 0. The van der Waals surface area contributed by atoms with Crippen LogP contribution in [-0.4, -0.2) is 15.0 Å². The number of nitrogens with one attached hydrogen (secondary N) is 2. The smallest absolute Gasteiger partial charge is 0.242 e.